The molecule has 3 heteroatoms. The molecule has 0 bridgehead atoms. The maximum absolute atomic E-state index is 5.78. The highest BCUT2D eigenvalue weighted by Gasteiger charge is 2.25. The Labute approximate surface area is 117 Å². The molecule has 108 valence electrons. The number of nitrogens with one attached hydrogen (secondary N) is 1. The third-order valence-corrected chi connectivity index (χ3v) is 4.47. The van der Waals surface area contributed by atoms with Gasteiger partial charge in [0.2, 0.25) is 0 Å². The van der Waals surface area contributed by atoms with E-state index in [0.717, 1.165) is 36.6 Å². The lowest BCUT2D eigenvalue weighted by atomic mass is 9.85. The van der Waals surface area contributed by atoms with Crippen LogP contribution in [0.1, 0.15) is 49.7 Å². The fourth-order valence-corrected chi connectivity index (χ4v) is 3.34. The predicted molar refractivity (Wildman–Crippen MR) is 79.1 cm³/mol. The lowest BCUT2D eigenvalue weighted by molar-refractivity contribution is 0.133. The zero-order valence-electron chi connectivity index (χ0n) is 12.8. The maximum Gasteiger partial charge on any atom is 0.118 e. The smallest absolute Gasteiger partial charge is 0.118 e. The van der Waals surface area contributed by atoms with E-state index in [1.165, 1.54) is 31.2 Å². The summed E-state index contributed by atoms with van der Waals surface area (Å²) < 4.78 is 5.78. The van der Waals surface area contributed by atoms with Crippen LogP contribution in [0.3, 0.4) is 0 Å². The van der Waals surface area contributed by atoms with Gasteiger partial charge in [-0.2, -0.15) is 0 Å². The molecule has 1 aromatic heterocycles. The van der Waals surface area contributed by atoms with E-state index in [4.69, 9.17) is 4.42 Å². The van der Waals surface area contributed by atoms with Crippen molar-refractivity contribution in [2.24, 2.45) is 5.92 Å². The number of nitrogens with zero attached hydrogens (tertiary/aromatic N) is 1. The van der Waals surface area contributed by atoms with Gasteiger partial charge in [-0.15, -0.1) is 0 Å². The molecule has 0 amide bonds. The Morgan fingerprint density at radius 2 is 2.11 bits per heavy atom. The average molecular weight is 264 g/mol. The van der Waals surface area contributed by atoms with E-state index in [0.29, 0.717) is 0 Å². The van der Waals surface area contributed by atoms with Crippen molar-refractivity contribution in [3.05, 3.63) is 23.2 Å². The van der Waals surface area contributed by atoms with Crippen LogP contribution in [0.25, 0.3) is 0 Å². The van der Waals surface area contributed by atoms with E-state index in [2.05, 4.69) is 37.2 Å². The quantitative estimate of drug-likeness (QED) is 0.884. The SMILES string of the molecule is CNCc1cc(CN(C)C2CCCCC2C)c(C)o1. The zero-order valence-corrected chi connectivity index (χ0v) is 12.8. The molecule has 2 rings (SSSR count). The van der Waals surface area contributed by atoms with Crippen LogP contribution < -0.4 is 5.32 Å². The highest BCUT2D eigenvalue weighted by Crippen LogP contribution is 2.29. The fourth-order valence-electron chi connectivity index (χ4n) is 3.34. The molecule has 0 saturated heterocycles. The highest BCUT2D eigenvalue weighted by molar-refractivity contribution is 5.20. The van der Waals surface area contributed by atoms with Gasteiger partial charge in [-0.3, -0.25) is 4.90 Å². The van der Waals surface area contributed by atoms with Crippen molar-refractivity contribution in [1.29, 1.82) is 0 Å². The minimum Gasteiger partial charge on any atom is -0.465 e. The maximum atomic E-state index is 5.78. The third kappa shape index (κ3) is 3.61. The van der Waals surface area contributed by atoms with Gasteiger partial charge in [0.1, 0.15) is 11.5 Å². The normalized spacial score (nSPS) is 24.1. The van der Waals surface area contributed by atoms with E-state index >= 15 is 0 Å². The van der Waals surface area contributed by atoms with Gasteiger partial charge >= 0.3 is 0 Å². The van der Waals surface area contributed by atoms with Gasteiger partial charge in [-0.25, -0.2) is 0 Å². The Balaban J connectivity index is 1.99. The standard InChI is InChI=1S/C16H28N2O/c1-12-7-5-6-8-16(12)18(4)11-14-9-15(10-17-3)19-13(14)2/h9,12,16-17H,5-8,10-11H2,1-4H3. The Morgan fingerprint density at radius 3 is 2.79 bits per heavy atom. The minimum atomic E-state index is 0.732. The number of rotatable bonds is 5. The molecule has 2 atom stereocenters. The van der Waals surface area contributed by atoms with Gasteiger partial charge in [0.15, 0.2) is 0 Å². The molecule has 1 aliphatic rings. The lowest BCUT2D eigenvalue weighted by Crippen LogP contribution is -2.38. The second kappa shape index (κ2) is 6.58. The van der Waals surface area contributed by atoms with Crippen LogP contribution in [-0.4, -0.2) is 25.0 Å². The lowest BCUT2D eigenvalue weighted by Gasteiger charge is -2.36. The highest BCUT2D eigenvalue weighted by atomic mass is 16.3. The summed E-state index contributed by atoms with van der Waals surface area (Å²) >= 11 is 0. The molecule has 1 saturated carbocycles. The van der Waals surface area contributed by atoms with Crippen molar-refractivity contribution >= 4 is 0 Å². The largest absolute Gasteiger partial charge is 0.465 e. The summed E-state index contributed by atoms with van der Waals surface area (Å²) in [5.74, 6) is 2.93. The Morgan fingerprint density at radius 1 is 1.37 bits per heavy atom. The fraction of sp³-hybridized carbons (Fsp3) is 0.750. The molecule has 1 fully saturated rings. The van der Waals surface area contributed by atoms with Gasteiger partial charge in [0.25, 0.3) is 0 Å². The predicted octanol–water partition coefficient (Wildman–Crippen LogP) is 3.32. The van der Waals surface area contributed by atoms with E-state index in [1.54, 1.807) is 0 Å². The molecule has 1 aliphatic carbocycles. The second-order valence-corrected chi connectivity index (χ2v) is 6.07. The molecule has 1 heterocycles. The number of furan rings is 1. The van der Waals surface area contributed by atoms with Crippen LogP contribution in [0.4, 0.5) is 0 Å². The number of hydrogen-bond donors (Lipinski definition) is 1. The molecule has 19 heavy (non-hydrogen) atoms. The van der Waals surface area contributed by atoms with Crippen molar-refractivity contribution in [2.75, 3.05) is 14.1 Å². The van der Waals surface area contributed by atoms with Crippen LogP contribution in [-0.2, 0) is 13.1 Å². The summed E-state index contributed by atoms with van der Waals surface area (Å²) in [6.07, 6.45) is 5.51. The molecule has 1 aromatic rings. The molecular weight excluding hydrogens is 236 g/mol. The van der Waals surface area contributed by atoms with E-state index in [1.807, 2.05) is 7.05 Å². The zero-order chi connectivity index (χ0) is 13.8. The summed E-state index contributed by atoms with van der Waals surface area (Å²) in [6, 6.07) is 2.94. The molecule has 1 N–H and O–H groups in total. The topological polar surface area (TPSA) is 28.4 Å². The van der Waals surface area contributed by atoms with Crippen LogP contribution >= 0.6 is 0 Å². The molecule has 0 spiro atoms. The van der Waals surface area contributed by atoms with Crippen molar-refractivity contribution < 1.29 is 4.42 Å². The first-order valence-electron chi connectivity index (χ1n) is 7.55. The summed E-state index contributed by atoms with van der Waals surface area (Å²) in [5, 5.41) is 3.14. The third-order valence-electron chi connectivity index (χ3n) is 4.47. The van der Waals surface area contributed by atoms with Crippen LogP contribution in [0.15, 0.2) is 10.5 Å². The summed E-state index contributed by atoms with van der Waals surface area (Å²) in [5.41, 5.74) is 1.34. The summed E-state index contributed by atoms with van der Waals surface area (Å²) in [6.45, 7) is 6.29. The van der Waals surface area contributed by atoms with Gasteiger partial charge in [0, 0.05) is 18.2 Å². The molecule has 0 aromatic carbocycles. The van der Waals surface area contributed by atoms with E-state index < -0.39 is 0 Å². The minimum absolute atomic E-state index is 0.732. The Kier molecular flexibility index (Phi) is 5.06. The van der Waals surface area contributed by atoms with Crippen molar-refractivity contribution in [3.8, 4) is 0 Å². The Hall–Kier alpha value is -0.800. The van der Waals surface area contributed by atoms with Crippen LogP contribution in [0.2, 0.25) is 0 Å². The molecule has 2 unspecified atom stereocenters. The van der Waals surface area contributed by atoms with Gasteiger partial charge in [0.05, 0.1) is 6.54 Å². The Bertz CT molecular complexity index is 399. The number of hydrogen-bond acceptors (Lipinski definition) is 3. The first kappa shape index (κ1) is 14.6. The van der Waals surface area contributed by atoms with E-state index in [9.17, 15) is 0 Å². The molecular formula is C16H28N2O. The summed E-state index contributed by atoms with van der Waals surface area (Å²) in [4.78, 5) is 2.52. The second-order valence-electron chi connectivity index (χ2n) is 6.07. The molecule has 0 aliphatic heterocycles. The summed E-state index contributed by atoms with van der Waals surface area (Å²) in [7, 11) is 4.21. The average Bonchev–Trinajstić information content (AvgIpc) is 2.70. The van der Waals surface area contributed by atoms with E-state index in [-0.39, 0.29) is 0 Å². The van der Waals surface area contributed by atoms with Gasteiger partial charge in [-0.1, -0.05) is 19.8 Å². The molecule has 3 nitrogen and oxygen atoms in total. The van der Waals surface area contributed by atoms with Crippen molar-refractivity contribution in [1.82, 2.24) is 10.2 Å². The van der Waals surface area contributed by atoms with Gasteiger partial charge < -0.3 is 9.73 Å². The monoisotopic (exact) mass is 264 g/mol. The van der Waals surface area contributed by atoms with Crippen molar-refractivity contribution in [2.45, 2.75) is 58.7 Å². The van der Waals surface area contributed by atoms with Crippen LogP contribution in [0.5, 0.6) is 0 Å². The van der Waals surface area contributed by atoms with Crippen LogP contribution in [0, 0.1) is 12.8 Å². The molecule has 0 radical (unpaired) electrons. The first-order chi connectivity index (χ1) is 9.11. The van der Waals surface area contributed by atoms with Gasteiger partial charge in [-0.05, 0) is 45.8 Å². The van der Waals surface area contributed by atoms with Crippen molar-refractivity contribution in [3.63, 3.8) is 0 Å². The number of aryl methyl sites for hydroxylation is 1. The first-order valence-corrected chi connectivity index (χ1v) is 7.55.